The zero-order chi connectivity index (χ0) is 13.9. The van der Waals surface area contributed by atoms with Crippen LogP contribution >= 0.6 is 11.6 Å². The van der Waals surface area contributed by atoms with Crippen LogP contribution in [0.4, 0.5) is 0 Å². The molecular weight excluding hydrogens is 284 g/mol. The third-order valence-corrected chi connectivity index (χ3v) is 5.33. The number of nitrogens with one attached hydrogen (secondary N) is 2. The molecular formula is C13H19ClN2O2S. The van der Waals surface area contributed by atoms with Crippen LogP contribution in [0.25, 0.3) is 0 Å². The zero-order valence-corrected chi connectivity index (χ0v) is 12.5. The molecule has 1 aliphatic heterocycles. The average Bonchev–Trinajstić information content (AvgIpc) is 2.40. The highest BCUT2D eigenvalue weighted by atomic mass is 35.5. The van der Waals surface area contributed by atoms with Crippen LogP contribution < -0.4 is 10.0 Å². The molecule has 1 aliphatic rings. The van der Waals surface area contributed by atoms with Gasteiger partial charge in [0.15, 0.2) is 0 Å². The summed E-state index contributed by atoms with van der Waals surface area (Å²) < 4.78 is 27.2. The van der Waals surface area contributed by atoms with Gasteiger partial charge in [0.25, 0.3) is 0 Å². The van der Waals surface area contributed by atoms with E-state index in [9.17, 15) is 8.42 Å². The predicted molar refractivity (Wildman–Crippen MR) is 76.8 cm³/mol. The standard InChI is InChI=1S/C13H19ClN2O2S/c1-10(11-3-2-8-15-9-11)16-19(17,18)13-6-4-12(14)5-7-13/h4-7,10-11,15-16H,2-3,8-9H2,1H3. The van der Waals surface area contributed by atoms with Gasteiger partial charge in [-0.1, -0.05) is 11.6 Å². The number of halogens is 1. The van der Waals surface area contributed by atoms with Crippen LogP contribution in [-0.2, 0) is 10.0 Å². The fraction of sp³-hybridized carbons (Fsp3) is 0.538. The van der Waals surface area contributed by atoms with Crippen LogP contribution in [-0.4, -0.2) is 27.5 Å². The van der Waals surface area contributed by atoms with E-state index in [1.165, 1.54) is 12.1 Å². The maximum Gasteiger partial charge on any atom is 0.240 e. The smallest absolute Gasteiger partial charge is 0.240 e. The van der Waals surface area contributed by atoms with Gasteiger partial charge in [0.2, 0.25) is 10.0 Å². The topological polar surface area (TPSA) is 58.2 Å². The zero-order valence-electron chi connectivity index (χ0n) is 10.9. The van der Waals surface area contributed by atoms with E-state index in [0.29, 0.717) is 10.9 Å². The van der Waals surface area contributed by atoms with Crippen LogP contribution in [0.1, 0.15) is 19.8 Å². The molecule has 0 aromatic heterocycles. The number of piperidine rings is 1. The maximum absolute atomic E-state index is 12.2. The summed E-state index contributed by atoms with van der Waals surface area (Å²) in [6, 6.07) is 6.15. The first-order valence-electron chi connectivity index (χ1n) is 6.47. The van der Waals surface area contributed by atoms with Gasteiger partial charge in [-0.25, -0.2) is 13.1 Å². The predicted octanol–water partition coefficient (Wildman–Crippen LogP) is 2.01. The summed E-state index contributed by atoms with van der Waals surface area (Å²) in [6.45, 7) is 3.81. The van der Waals surface area contributed by atoms with E-state index in [1.807, 2.05) is 6.92 Å². The van der Waals surface area contributed by atoms with Crippen LogP contribution in [0.15, 0.2) is 29.2 Å². The molecule has 19 heavy (non-hydrogen) atoms. The highest BCUT2D eigenvalue weighted by Crippen LogP contribution is 2.18. The molecule has 1 saturated heterocycles. The molecule has 0 radical (unpaired) electrons. The van der Waals surface area contributed by atoms with Gasteiger partial charge in [-0.05, 0) is 63.0 Å². The van der Waals surface area contributed by atoms with Crippen LogP contribution in [0.2, 0.25) is 5.02 Å². The molecule has 0 spiro atoms. The Morgan fingerprint density at radius 1 is 1.37 bits per heavy atom. The third kappa shape index (κ3) is 3.92. The van der Waals surface area contributed by atoms with Crippen LogP contribution in [0, 0.1) is 5.92 Å². The summed E-state index contributed by atoms with van der Waals surface area (Å²) in [6.07, 6.45) is 2.15. The van der Waals surface area contributed by atoms with Crippen molar-refractivity contribution in [1.29, 1.82) is 0 Å². The van der Waals surface area contributed by atoms with Crippen molar-refractivity contribution in [2.24, 2.45) is 5.92 Å². The van der Waals surface area contributed by atoms with Crippen molar-refractivity contribution in [3.05, 3.63) is 29.3 Å². The molecule has 2 unspecified atom stereocenters. The summed E-state index contributed by atoms with van der Waals surface area (Å²) in [5, 5.41) is 3.83. The summed E-state index contributed by atoms with van der Waals surface area (Å²) in [4.78, 5) is 0.257. The third-order valence-electron chi connectivity index (χ3n) is 3.51. The molecule has 0 amide bonds. The van der Waals surface area contributed by atoms with Crippen LogP contribution in [0.5, 0.6) is 0 Å². The lowest BCUT2D eigenvalue weighted by Gasteiger charge is -2.28. The number of rotatable bonds is 4. The van der Waals surface area contributed by atoms with Gasteiger partial charge < -0.3 is 5.32 Å². The lowest BCUT2D eigenvalue weighted by Crippen LogP contribution is -2.44. The van der Waals surface area contributed by atoms with Gasteiger partial charge in [0.05, 0.1) is 4.90 Å². The first-order valence-corrected chi connectivity index (χ1v) is 8.34. The molecule has 1 heterocycles. The minimum atomic E-state index is -3.46. The minimum absolute atomic E-state index is 0.0755. The molecule has 1 aromatic carbocycles. The Labute approximate surface area is 119 Å². The molecule has 2 rings (SSSR count). The second kappa shape index (κ2) is 6.22. The summed E-state index contributed by atoms with van der Waals surface area (Å²) in [7, 11) is -3.46. The lowest BCUT2D eigenvalue weighted by molar-refractivity contribution is 0.320. The Morgan fingerprint density at radius 2 is 2.05 bits per heavy atom. The molecule has 1 aromatic rings. The second-order valence-electron chi connectivity index (χ2n) is 4.97. The van der Waals surface area contributed by atoms with Crippen molar-refractivity contribution in [3.8, 4) is 0 Å². The van der Waals surface area contributed by atoms with Crippen molar-refractivity contribution in [1.82, 2.24) is 10.0 Å². The number of hydrogen-bond donors (Lipinski definition) is 2. The monoisotopic (exact) mass is 302 g/mol. The van der Waals surface area contributed by atoms with Gasteiger partial charge in [0, 0.05) is 11.1 Å². The minimum Gasteiger partial charge on any atom is -0.316 e. The Morgan fingerprint density at radius 3 is 2.63 bits per heavy atom. The van der Waals surface area contributed by atoms with E-state index in [1.54, 1.807) is 12.1 Å². The summed E-state index contributed by atoms with van der Waals surface area (Å²) >= 11 is 5.77. The normalized spacial score (nSPS) is 22.1. The summed E-state index contributed by atoms with van der Waals surface area (Å²) in [5.74, 6) is 0.343. The highest BCUT2D eigenvalue weighted by Gasteiger charge is 2.24. The van der Waals surface area contributed by atoms with E-state index in [-0.39, 0.29) is 10.9 Å². The van der Waals surface area contributed by atoms with Crippen molar-refractivity contribution < 1.29 is 8.42 Å². The largest absolute Gasteiger partial charge is 0.316 e. The molecule has 2 N–H and O–H groups in total. The van der Waals surface area contributed by atoms with Gasteiger partial charge in [-0.3, -0.25) is 0 Å². The van der Waals surface area contributed by atoms with Gasteiger partial charge in [-0.2, -0.15) is 0 Å². The fourth-order valence-corrected chi connectivity index (χ4v) is 3.77. The molecule has 2 atom stereocenters. The van der Waals surface area contributed by atoms with E-state index in [2.05, 4.69) is 10.0 Å². The molecule has 0 bridgehead atoms. The molecule has 6 heteroatoms. The lowest BCUT2D eigenvalue weighted by atomic mass is 9.94. The Hall–Kier alpha value is -0.620. The first kappa shape index (κ1) is 14.8. The Bertz CT molecular complexity index is 510. The van der Waals surface area contributed by atoms with E-state index in [4.69, 9.17) is 11.6 Å². The number of hydrogen-bond acceptors (Lipinski definition) is 3. The number of sulfonamides is 1. The average molecular weight is 303 g/mol. The molecule has 106 valence electrons. The van der Waals surface area contributed by atoms with E-state index in [0.717, 1.165) is 25.9 Å². The van der Waals surface area contributed by atoms with E-state index < -0.39 is 10.0 Å². The quantitative estimate of drug-likeness (QED) is 0.894. The first-order chi connectivity index (χ1) is 8.99. The Balaban J connectivity index is 2.05. The van der Waals surface area contributed by atoms with Gasteiger partial charge >= 0.3 is 0 Å². The fourth-order valence-electron chi connectivity index (χ4n) is 2.33. The van der Waals surface area contributed by atoms with Gasteiger partial charge in [-0.15, -0.1) is 0 Å². The van der Waals surface area contributed by atoms with Crippen molar-refractivity contribution in [3.63, 3.8) is 0 Å². The SMILES string of the molecule is CC(NS(=O)(=O)c1ccc(Cl)cc1)C1CCCNC1. The van der Waals surface area contributed by atoms with Crippen molar-refractivity contribution >= 4 is 21.6 Å². The maximum atomic E-state index is 12.2. The summed E-state index contributed by atoms with van der Waals surface area (Å²) in [5.41, 5.74) is 0. The van der Waals surface area contributed by atoms with Crippen LogP contribution in [0.3, 0.4) is 0 Å². The highest BCUT2D eigenvalue weighted by molar-refractivity contribution is 7.89. The van der Waals surface area contributed by atoms with Crippen molar-refractivity contribution in [2.45, 2.75) is 30.7 Å². The molecule has 0 saturated carbocycles. The molecule has 0 aliphatic carbocycles. The van der Waals surface area contributed by atoms with E-state index >= 15 is 0 Å². The van der Waals surface area contributed by atoms with Crippen molar-refractivity contribution in [2.75, 3.05) is 13.1 Å². The Kier molecular flexibility index (Phi) is 4.84. The molecule has 4 nitrogen and oxygen atoms in total. The van der Waals surface area contributed by atoms with Gasteiger partial charge in [0.1, 0.15) is 0 Å². The number of benzene rings is 1. The second-order valence-corrected chi connectivity index (χ2v) is 7.12. The molecule has 1 fully saturated rings.